The van der Waals surface area contributed by atoms with Gasteiger partial charge in [0.05, 0.1) is 39.3 Å². The van der Waals surface area contributed by atoms with Gasteiger partial charge < -0.3 is 19.9 Å². The molecule has 0 spiro atoms. The van der Waals surface area contributed by atoms with Gasteiger partial charge in [-0.25, -0.2) is 0 Å². The molecule has 0 atom stereocenters. The van der Waals surface area contributed by atoms with Crippen LogP contribution in [0, 0.1) is 0 Å². The first-order valence-electron chi connectivity index (χ1n) is 9.96. The molecule has 0 radical (unpaired) electrons. The van der Waals surface area contributed by atoms with Crippen LogP contribution in [0.25, 0.3) is 0 Å². The fourth-order valence-corrected chi connectivity index (χ4v) is 3.43. The monoisotopic (exact) mass is 413 g/mol. The predicted molar refractivity (Wildman–Crippen MR) is 121 cm³/mol. The van der Waals surface area contributed by atoms with Crippen molar-refractivity contribution in [2.45, 2.75) is 20.0 Å². The number of carbonyl (C=O) groups is 1. The van der Waals surface area contributed by atoms with Crippen molar-refractivity contribution in [1.82, 2.24) is 5.32 Å². The van der Waals surface area contributed by atoms with E-state index in [2.05, 4.69) is 34.7 Å². The van der Waals surface area contributed by atoms with E-state index in [9.17, 15) is 4.79 Å². The Morgan fingerprint density at radius 3 is 2.48 bits per heavy atom. The van der Waals surface area contributed by atoms with Crippen LogP contribution in [0.4, 0.5) is 11.4 Å². The molecule has 3 rings (SSSR count). The fourth-order valence-electron chi connectivity index (χ4n) is 3.22. The molecular weight excluding hydrogens is 384 g/mol. The molecule has 7 heteroatoms. The van der Waals surface area contributed by atoms with E-state index in [1.807, 2.05) is 32.0 Å². The zero-order valence-corrected chi connectivity index (χ0v) is 18.0. The largest absolute Gasteiger partial charge is 0.491 e. The maximum absolute atomic E-state index is 12.5. The van der Waals surface area contributed by atoms with Gasteiger partial charge in [-0.15, -0.1) is 0 Å². The van der Waals surface area contributed by atoms with Gasteiger partial charge in [0.25, 0.3) is 5.91 Å². The highest BCUT2D eigenvalue weighted by molar-refractivity contribution is 7.80. The van der Waals surface area contributed by atoms with E-state index in [-0.39, 0.29) is 17.1 Å². The number of carbonyl (C=O) groups excluding carboxylic acids is 1. The molecule has 1 amide bonds. The van der Waals surface area contributed by atoms with Crippen LogP contribution in [0.2, 0.25) is 0 Å². The summed E-state index contributed by atoms with van der Waals surface area (Å²) < 4.78 is 5.64. The summed E-state index contributed by atoms with van der Waals surface area (Å²) in [5.74, 6) is 0.390. The lowest BCUT2D eigenvalue weighted by Gasteiger charge is -2.31. The minimum Gasteiger partial charge on any atom is -0.491 e. The van der Waals surface area contributed by atoms with Crippen LogP contribution < -0.4 is 25.2 Å². The lowest BCUT2D eigenvalue weighted by Crippen LogP contribution is -3.12. The molecule has 3 N–H and O–H groups in total. The van der Waals surface area contributed by atoms with Gasteiger partial charge in [-0.3, -0.25) is 10.1 Å². The summed E-state index contributed by atoms with van der Waals surface area (Å²) >= 11 is 5.30. The Morgan fingerprint density at radius 1 is 1.14 bits per heavy atom. The Kier molecular flexibility index (Phi) is 7.06. The fraction of sp³-hybridized carbons (Fsp3) is 0.364. The molecule has 6 nitrogen and oxygen atoms in total. The lowest BCUT2D eigenvalue weighted by atomic mass is 10.2. The maximum Gasteiger partial charge on any atom is 0.257 e. The van der Waals surface area contributed by atoms with Crippen LogP contribution in [0.5, 0.6) is 5.75 Å². The molecule has 29 heavy (non-hydrogen) atoms. The number of hydrogen-bond donors (Lipinski definition) is 3. The van der Waals surface area contributed by atoms with Crippen LogP contribution in [0.15, 0.2) is 48.5 Å². The molecule has 2 aromatic carbocycles. The highest BCUT2D eigenvalue weighted by Gasteiger charge is 2.16. The first kappa shape index (κ1) is 21.1. The van der Waals surface area contributed by atoms with Crippen molar-refractivity contribution in [2.24, 2.45) is 0 Å². The molecule has 0 aliphatic carbocycles. The normalized spacial score (nSPS) is 14.6. The third-order valence-corrected chi connectivity index (χ3v) is 5.01. The van der Waals surface area contributed by atoms with Crippen LogP contribution in [-0.2, 0) is 0 Å². The van der Waals surface area contributed by atoms with Crippen molar-refractivity contribution in [3.05, 3.63) is 54.1 Å². The molecule has 1 aliphatic heterocycles. The number of nitrogens with zero attached hydrogens (tertiary/aromatic N) is 1. The number of rotatable bonds is 5. The summed E-state index contributed by atoms with van der Waals surface area (Å²) in [6.45, 7) is 8.32. The zero-order valence-electron chi connectivity index (χ0n) is 17.2. The average molecular weight is 414 g/mol. The van der Waals surface area contributed by atoms with Crippen LogP contribution >= 0.6 is 12.2 Å². The smallest absolute Gasteiger partial charge is 0.257 e. The van der Waals surface area contributed by atoms with Gasteiger partial charge >= 0.3 is 0 Å². The Bertz CT molecular complexity index is 846. The third kappa shape index (κ3) is 6.17. The molecule has 1 aliphatic rings. The van der Waals surface area contributed by atoms with Crippen molar-refractivity contribution in [2.75, 3.05) is 43.4 Å². The molecule has 0 saturated carbocycles. The first-order chi connectivity index (χ1) is 13.9. The van der Waals surface area contributed by atoms with Crippen LogP contribution in [0.3, 0.4) is 0 Å². The van der Waals surface area contributed by atoms with E-state index in [4.69, 9.17) is 17.0 Å². The van der Waals surface area contributed by atoms with E-state index in [0.29, 0.717) is 11.3 Å². The van der Waals surface area contributed by atoms with E-state index in [1.54, 1.807) is 23.1 Å². The average Bonchev–Trinajstić information content (AvgIpc) is 2.69. The summed E-state index contributed by atoms with van der Waals surface area (Å²) in [7, 11) is 2.23. The van der Waals surface area contributed by atoms with Crippen molar-refractivity contribution in [1.29, 1.82) is 0 Å². The Labute approximate surface area is 177 Å². The number of benzene rings is 2. The zero-order chi connectivity index (χ0) is 20.8. The number of thiocarbonyl (C=S) groups is 1. The highest BCUT2D eigenvalue weighted by atomic mass is 32.1. The molecule has 0 unspecified atom stereocenters. The van der Waals surface area contributed by atoms with E-state index in [0.717, 1.165) is 31.9 Å². The highest BCUT2D eigenvalue weighted by Crippen LogP contribution is 2.18. The third-order valence-electron chi connectivity index (χ3n) is 4.80. The quantitative estimate of drug-likeness (QED) is 0.654. The van der Waals surface area contributed by atoms with Gasteiger partial charge in [0, 0.05) is 16.9 Å². The van der Waals surface area contributed by atoms with Gasteiger partial charge in [0.1, 0.15) is 5.75 Å². The SMILES string of the molecule is CC(C)Oc1cccc(C(=O)NC(=S)Nc2ccc(N3CC[NH+](C)CC3)cc2)c1. The van der Waals surface area contributed by atoms with Gasteiger partial charge in [-0.1, -0.05) is 6.07 Å². The minimum atomic E-state index is -0.270. The summed E-state index contributed by atoms with van der Waals surface area (Å²) in [6.07, 6.45) is 0.0473. The summed E-state index contributed by atoms with van der Waals surface area (Å²) in [4.78, 5) is 16.4. The second-order valence-corrected chi connectivity index (χ2v) is 8.00. The molecule has 1 saturated heterocycles. The van der Waals surface area contributed by atoms with Crippen LogP contribution in [0.1, 0.15) is 24.2 Å². The van der Waals surface area contributed by atoms with Gasteiger partial charge in [0.2, 0.25) is 0 Å². The standard InChI is InChI=1S/C22H28N4O2S/c1-16(2)28-20-6-4-5-17(15-20)21(27)24-22(29)23-18-7-9-19(10-8-18)26-13-11-25(3)12-14-26/h4-10,15-16H,11-14H2,1-3H3,(H2,23,24,27,29)/p+1. The second kappa shape index (κ2) is 9.71. The summed E-state index contributed by atoms with van der Waals surface area (Å²) in [5, 5.41) is 6.06. The van der Waals surface area contributed by atoms with E-state index < -0.39 is 0 Å². The number of piperazine rings is 1. The topological polar surface area (TPSA) is 58.0 Å². The Balaban J connectivity index is 1.54. The molecule has 0 bridgehead atoms. The Morgan fingerprint density at radius 2 is 1.83 bits per heavy atom. The number of nitrogens with one attached hydrogen (secondary N) is 3. The summed E-state index contributed by atoms with van der Waals surface area (Å²) in [6, 6.07) is 15.2. The van der Waals surface area contributed by atoms with E-state index in [1.165, 1.54) is 5.69 Å². The first-order valence-corrected chi connectivity index (χ1v) is 10.4. The number of ether oxygens (including phenoxy) is 1. The van der Waals surface area contributed by atoms with Crippen molar-refractivity contribution in [3.8, 4) is 5.75 Å². The molecule has 154 valence electrons. The Hall–Kier alpha value is -2.64. The second-order valence-electron chi connectivity index (χ2n) is 7.59. The molecule has 1 heterocycles. The van der Waals surface area contributed by atoms with Crippen molar-refractivity contribution >= 4 is 34.6 Å². The number of quaternary nitrogens is 1. The molecular formula is C22H29N4O2S+. The van der Waals surface area contributed by atoms with Gasteiger partial charge in [-0.2, -0.15) is 0 Å². The number of likely N-dealkylation sites (N-methyl/N-ethyl adjacent to an activating group) is 1. The molecule has 0 aromatic heterocycles. The predicted octanol–water partition coefficient (Wildman–Crippen LogP) is 1.94. The van der Waals surface area contributed by atoms with Gasteiger partial charge in [0.15, 0.2) is 5.11 Å². The number of amides is 1. The van der Waals surface area contributed by atoms with Gasteiger partial charge in [-0.05, 0) is 68.5 Å². The lowest BCUT2D eigenvalue weighted by molar-refractivity contribution is -0.880. The maximum atomic E-state index is 12.5. The molecule has 2 aromatic rings. The number of anilines is 2. The number of hydrogen-bond acceptors (Lipinski definition) is 4. The van der Waals surface area contributed by atoms with Crippen LogP contribution in [-0.4, -0.2) is 50.4 Å². The van der Waals surface area contributed by atoms with Crippen molar-refractivity contribution in [3.63, 3.8) is 0 Å². The summed E-state index contributed by atoms with van der Waals surface area (Å²) in [5.41, 5.74) is 2.55. The molecule has 1 fully saturated rings. The van der Waals surface area contributed by atoms with Crippen molar-refractivity contribution < 1.29 is 14.4 Å². The minimum absolute atomic E-state index is 0.0473. The van der Waals surface area contributed by atoms with E-state index >= 15 is 0 Å².